The quantitative estimate of drug-likeness (QED) is 0.906. The van der Waals surface area contributed by atoms with Crippen LogP contribution in [-0.4, -0.2) is 37.9 Å². The average molecular weight is 278 g/mol. The van der Waals surface area contributed by atoms with Crippen LogP contribution in [0.2, 0.25) is 0 Å². The number of hydrogen-bond acceptors (Lipinski definition) is 5. The number of methoxy groups -OCH3 is 1. The van der Waals surface area contributed by atoms with E-state index < -0.39 is 0 Å². The smallest absolute Gasteiger partial charge is 0.231 e. The van der Waals surface area contributed by atoms with Crippen LogP contribution in [0.4, 0.5) is 0 Å². The van der Waals surface area contributed by atoms with Crippen LogP contribution in [0.1, 0.15) is 18.9 Å². The highest BCUT2D eigenvalue weighted by atomic mass is 16.7. The Labute approximate surface area is 119 Å². The molecule has 0 bridgehead atoms. The first-order chi connectivity index (χ1) is 9.67. The first-order valence-corrected chi connectivity index (χ1v) is 7.12. The van der Waals surface area contributed by atoms with Crippen LogP contribution >= 0.6 is 0 Å². The molecule has 2 N–H and O–H groups in total. The van der Waals surface area contributed by atoms with Crippen LogP contribution < -0.4 is 19.9 Å². The number of likely N-dealkylation sites (tertiary alicyclic amines) is 1. The highest BCUT2D eigenvalue weighted by Gasteiger charge is 2.26. The van der Waals surface area contributed by atoms with Gasteiger partial charge in [-0.05, 0) is 43.5 Å². The lowest BCUT2D eigenvalue weighted by atomic mass is 10.0. The van der Waals surface area contributed by atoms with Gasteiger partial charge in [0.25, 0.3) is 0 Å². The molecular weight excluding hydrogens is 256 g/mol. The zero-order valence-electron chi connectivity index (χ0n) is 12.1. The van der Waals surface area contributed by atoms with Gasteiger partial charge in [-0.2, -0.15) is 0 Å². The molecule has 2 unspecified atom stereocenters. The lowest BCUT2D eigenvalue weighted by Crippen LogP contribution is -2.29. The van der Waals surface area contributed by atoms with E-state index >= 15 is 0 Å². The molecule has 2 aliphatic heterocycles. The van der Waals surface area contributed by atoms with E-state index in [1.54, 1.807) is 7.11 Å². The molecule has 1 aromatic carbocycles. The average Bonchev–Trinajstić information content (AvgIpc) is 3.06. The van der Waals surface area contributed by atoms with Crippen molar-refractivity contribution in [2.45, 2.75) is 25.9 Å². The van der Waals surface area contributed by atoms with E-state index in [2.05, 4.69) is 11.8 Å². The minimum absolute atomic E-state index is 0.269. The number of rotatable bonds is 4. The molecule has 5 nitrogen and oxygen atoms in total. The number of fused-ring (bicyclic) bond motifs is 1. The van der Waals surface area contributed by atoms with E-state index in [9.17, 15) is 0 Å². The van der Waals surface area contributed by atoms with E-state index in [1.807, 2.05) is 12.1 Å². The Bertz CT molecular complexity index is 490. The Morgan fingerprint density at radius 3 is 3.00 bits per heavy atom. The van der Waals surface area contributed by atoms with E-state index in [0.717, 1.165) is 31.1 Å². The molecule has 1 aromatic rings. The van der Waals surface area contributed by atoms with Crippen molar-refractivity contribution in [2.75, 3.05) is 27.0 Å². The fourth-order valence-electron chi connectivity index (χ4n) is 2.97. The van der Waals surface area contributed by atoms with Crippen LogP contribution in [0.3, 0.4) is 0 Å². The fraction of sp³-hybridized carbons (Fsp3) is 0.600. The molecule has 0 aromatic heterocycles. The molecule has 1 saturated heterocycles. The van der Waals surface area contributed by atoms with Crippen LogP contribution in [0.5, 0.6) is 17.2 Å². The van der Waals surface area contributed by atoms with E-state index in [1.165, 1.54) is 12.0 Å². The minimum atomic E-state index is 0.269. The van der Waals surface area contributed by atoms with Crippen LogP contribution in [0, 0.1) is 5.92 Å². The highest BCUT2D eigenvalue weighted by molar-refractivity contribution is 5.55. The molecule has 2 aliphatic rings. The Balaban J connectivity index is 1.72. The zero-order chi connectivity index (χ0) is 14.1. The molecule has 2 atom stereocenters. The minimum Gasteiger partial charge on any atom is -0.493 e. The molecule has 3 rings (SSSR count). The van der Waals surface area contributed by atoms with E-state index in [0.29, 0.717) is 11.7 Å². The van der Waals surface area contributed by atoms with E-state index in [-0.39, 0.29) is 12.8 Å². The zero-order valence-corrected chi connectivity index (χ0v) is 12.1. The number of benzene rings is 1. The summed E-state index contributed by atoms with van der Waals surface area (Å²) in [5.41, 5.74) is 7.18. The van der Waals surface area contributed by atoms with Crippen molar-refractivity contribution in [3.05, 3.63) is 17.7 Å². The van der Waals surface area contributed by atoms with Crippen molar-refractivity contribution in [3.63, 3.8) is 0 Å². The lowest BCUT2D eigenvalue weighted by molar-refractivity contribution is 0.171. The van der Waals surface area contributed by atoms with Crippen LogP contribution in [-0.2, 0) is 6.54 Å². The summed E-state index contributed by atoms with van der Waals surface area (Å²) in [5.74, 6) is 2.84. The van der Waals surface area contributed by atoms with Gasteiger partial charge in [0, 0.05) is 19.1 Å². The van der Waals surface area contributed by atoms with Gasteiger partial charge in [0.1, 0.15) is 0 Å². The normalized spacial score (nSPS) is 23.1. The number of nitrogens with zero attached hydrogens (tertiary/aromatic N) is 1. The predicted molar refractivity (Wildman–Crippen MR) is 76.2 cm³/mol. The third kappa shape index (κ3) is 2.55. The topological polar surface area (TPSA) is 57.0 Å². The number of hydrogen-bond donors (Lipinski definition) is 1. The van der Waals surface area contributed by atoms with Gasteiger partial charge in [-0.25, -0.2) is 0 Å². The Hall–Kier alpha value is -1.46. The maximum Gasteiger partial charge on any atom is 0.231 e. The third-order valence-electron chi connectivity index (χ3n) is 4.18. The molecule has 0 aliphatic carbocycles. The van der Waals surface area contributed by atoms with Crippen LogP contribution in [0.15, 0.2) is 12.1 Å². The summed E-state index contributed by atoms with van der Waals surface area (Å²) in [7, 11) is 1.66. The molecule has 1 fully saturated rings. The predicted octanol–water partition coefficient (Wildman–Crippen LogP) is 1.59. The van der Waals surface area contributed by atoms with E-state index in [4.69, 9.17) is 19.9 Å². The van der Waals surface area contributed by atoms with Gasteiger partial charge in [0.15, 0.2) is 11.5 Å². The summed E-state index contributed by atoms with van der Waals surface area (Å²) in [6.45, 7) is 5.43. The molecule has 0 amide bonds. The van der Waals surface area contributed by atoms with Crippen molar-refractivity contribution in [1.29, 1.82) is 0 Å². The second-order valence-corrected chi connectivity index (χ2v) is 5.67. The van der Waals surface area contributed by atoms with Gasteiger partial charge >= 0.3 is 0 Å². The molecule has 110 valence electrons. The molecular formula is C15H22N2O3. The second kappa shape index (κ2) is 5.50. The van der Waals surface area contributed by atoms with Crippen molar-refractivity contribution < 1.29 is 14.2 Å². The molecule has 0 spiro atoms. The summed E-state index contributed by atoms with van der Waals surface area (Å²) >= 11 is 0. The van der Waals surface area contributed by atoms with Gasteiger partial charge in [-0.1, -0.05) is 0 Å². The van der Waals surface area contributed by atoms with Gasteiger partial charge in [-0.15, -0.1) is 0 Å². The summed E-state index contributed by atoms with van der Waals surface area (Å²) in [6.07, 6.45) is 1.18. The standard InChI is InChI=1S/C15H22N2O3/c1-10(16)12-3-4-17(8-12)7-11-5-13(18-2)15-14(6-11)19-9-20-15/h5-6,10,12H,3-4,7-9,16H2,1-2H3. The molecule has 0 radical (unpaired) electrons. The Morgan fingerprint density at radius 2 is 2.30 bits per heavy atom. The molecule has 2 heterocycles. The first kappa shape index (κ1) is 13.5. The Morgan fingerprint density at radius 1 is 1.45 bits per heavy atom. The maximum absolute atomic E-state index is 5.99. The van der Waals surface area contributed by atoms with Crippen molar-refractivity contribution in [3.8, 4) is 17.2 Å². The Kier molecular flexibility index (Phi) is 3.72. The van der Waals surface area contributed by atoms with Gasteiger partial charge in [-0.3, -0.25) is 4.90 Å². The summed E-state index contributed by atoms with van der Waals surface area (Å²) < 4.78 is 16.3. The lowest BCUT2D eigenvalue weighted by Gasteiger charge is -2.18. The molecule has 0 saturated carbocycles. The largest absolute Gasteiger partial charge is 0.493 e. The van der Waals surface area contributed by atoms with Crippen LogP contribution in [0.25, 0.3) is 0 Å². The maximum atomic E-state index is 5.99. The summed E-state index contributed by atoms with van der Waals surface area (Å²) in [4.78, 5) is 2.44. The second-order valence-electron chi connectivity index (χ2n) is 5.67. The van der Waals surface area contributed by atoms with Gasteiger partial charge in [0.2, 0.25) is 12.5 Å². The SMILES string of the molecule is COc1cc(CN2CCC(C(C)N)C2)cc2c1OCO2. The van der Waals surface area contributed by atoms with Crippen molar-refractivity contribution in [2.24, 2.45) is 11.7 Å². The third-order valence-corrected chi connectivity index (χ3v) is 4.18. The molecule has 5 heteroatoms. The first-order valence-electron chi connectivity index (χ1n) is 7.12. The molecule has 20 heavy (non-hydrogen) atoms. The van der Waals surface area contributed by atoms with Gasteiger partial charge in [0.05, 0.1) is 7.11 Å². The fourth-order valence-corrected chi connectivity index (χ4v) is 2.97. The summed E-state index contributed by atoms with van der Waals surface area (Å²) in [6, 6.07) is 4.35. The van der Waals surface area contributed by atoms with Gasteiger partial charge < -0.3 is 19.9 Å². The van der Waals surface area contributed by atoms with Crippen molar-refractivity contribution in [1.82, 2.24) is 4.90 Å². The van der Waals surface area contributed by atoms with Crippen molar-refractivity contribution >= 4 is 0 Å². The summed E-state index contributed by atoms with van der Waals surface area (Å²) in [5, 5.41) is 0. The number of nitrogens with two attached hydrogens (primary N) is 1. The monoisotopic (exact) mass is 278 g/mol. The highest BCUT2D eigenvalue weighted by Crippen LogP contribution is 2.42. The number of ether oxygens (including phenoxy) is 3.